The van der Waals surface area contributed by atoms with Gasteiger partial charge in [0.2, 0.25) is 5.13 Å². The highest BCUT2D eigenvalue weighted by molar-refractivity contribution is 8.02. The predicted molar refractivity (Wildman–Crippen MR) is 71.8 cm³/mol. The summed E-state index contributed by atoms with van der Waals surface area (Å²) in [6.45, 7) is 4.14. The molecule has 1 aliphatic rings. The highest BCUT2D eigenvalue weighted by Gasteiger charge is 2.24. The number of ketones is 1. The van der Waals surface area contributed by atoms with Crippen LogP contribution in [0.2, 0.25) is 0 Å². The van der Waals surface area contributed by atoms with Gasteiger partial charge >= 0.3 is 0 Å². The third kappa shape index (κ3) is 3.67. The molecule has 1 saturated carbocycles. The molecule has 0 amide bonds. The van der Waals surface area contributed by atoms with Crippen molar-refractivity contribution in [3.8, 4) is 0 Å². The molecule has 1 unspecified atom stereocenters. The molecule has 1 aromatic heterocycles. The fraction of sp³-hybridized carbons (Fsp3) is 0.727. The first kappa shape index (κ1) is 12.8. The van der Waals surface area contributed by atoms with E-state index in [-0.39, 0.29) is 5.25 Å². The highest BCUT2D eigenvalue weighted by atomic mass is 32.2. The van der Waals surface area contributed by atoms with Crippen molar-refractivity contribution in [2.75, 3.05) is 5.32 Å². The van der Waals surface area contributed by atoms with Crippen LogP contribution in [0.1, 0.15) is 39.5 Å². The van der Waals surface area contributed by atoms with Crippen molar-refractivity contribution in [2.24, 2.45) is 0 Å². The van der Waals surface area contributed by atoms with Gasteiger partial charge in [0.05, 0.1) is 5.25 Å². The second kappa shape index (κ2) is 5.82. The van der Waals surface area contributed by atoms with Crippen LogP contribution < -0.4 is 5.32 Å². The minimum absolute atomic E-state index is 0.101. The molecule has 2 rings (SSSR count). The molecule has 0 saturated heterocycles. The summed E-state index contributed by atoms with van der Waals surface area (Å²) >= 11 is 3.11. The molecule has 4 nitrogen and oxygen atoms in total. The number of Topliss-reactive ketones (excluding diaryl/α,β-unsaturated/α-hetero) is 1. The quantitative estimate of drug-likeness (QED) is 0.912. The maximum Gasteiger partial charge on any atom is 0.206 e. The van der Waals surface area contributed by atoms with Crippen LogP contribution in [0.15, 0.2) is 4.34 Å². The number of thioether (sulfide) groups is 1. The SMILES string of the molecule is CC(C)Nc1nnc(SC2CCCCC2=O)s1. The monoisotopic (exact) mass is 271 g/mol. The summed E-state index contributed by atoms with van der Waals surface area (Å²) < 4.78 is 0.897. The first-order chi connectivity index (χ1) is 8.15. The van der Waals surface area contributed by atoms with Gasteiger partial charge in [0, 0.05) is 12.5 Å². The molecule has 0 bridgehead atoms. The number of nitrogens with zero attached hydrogens (tertiary/aromatic N) is 2. The summed E-state index contributed by atoms with van der Waals surface area (Å²) in [6, 6.07) is 0.358. The van der Waals surface area contributed by atoms with Gasteiger partial charge < -0.3 is 5.32 Å². The molecule has 1 aliphatic carbocycles. The third-order valence-corrected chi connectivity index (χ3v) is 4.81. The first-order valence-corrected chi connectivity index (χ1v) is 7.64. The topological polar surface area (TPSA) is 54.9 Å². The van der Waals surface area contributed by atoms with E-state index in [1.807, 2.05) is 0 Å². The Balaban J connectivity index is 1.93. The molecule has 1 N–H and O–H groups in total. The van der Waals surface area contributed by atoms with E-state index in [0.29, 0.717) is 11.8 Å². The van der Waals surface area contributed by atoms with Crippen molar-refractivity contribution < 1.29 is 4.79 Å². The number of anilines is 1. The van der Waals surface area contributed by atoms with Crippen LogP contribution in [0.25, 0.3) is 0 Å². The molecule has 1 fully saturated rings. The van der Waals surface area contributed by atoms with Gasteiger partial charge in [-0.25, -0.2) is 0 Å². The zero-order valence-electron chi connectivity index (χ0n) is 10.1. The lowest BCUT2D eigenvalue weighted by atomic mass is 9.99. The van der Waals surface area contributed by atoms with E-state index in [4.69, 9.17) is 0 Å². The van der Waals surface area contributed by atoms with Gasteiger partial charge in [-0.2, -0.15) is 0 Å². The van der Waals surface area contributed by atoms with Crippen LogP contribution in [0, 0.1) is 0 Å². The minimum atomic E-state index is 0.101. The van der Waals surface area contributed by atoms with Crippen LogP contribution in [0.5, 0.6) is 0 Å². The Bertz CT molecular complexity index is 392. The Labute approximate surface area is 110 Å². The lowest BCUT2D eigenvalue weighted by Gasteiger charge is -2.18. The largest absolute Gasteiger partial charge is 0.358 e. The summed E-state index contributed by atoms with van der Waals surface area (Å²) in [6.07, 6.45) is 3.91. The van der Waals surface area contributed by atoms with Crippen molar-refractivity contribution in [1.82, 2.24) is 10.2 Å². The Morgan fingerprint density at radius 1 is 1.41 bits per heavy atom. The molecule has 17 heavy (non-hydrogen) atoms. The van der Waals surface area contributed by atoms with Gasteiger partial charge in [0.15, 0.2) is 4.34 Å². The van der Waals surface area contributed by atoms with Crippen molar-refractivity contribution in [1.29, 1.82) is 0 Å². The van der Waals surface area contributed by atoms with Crippen molar-refractivity contribution in [3.05, 3.63) is 0 Å². The minimum Gasteiger partial charge on any atom is -0.358 e. The molecule has 0 radical (unpaired) electrons. The molecular weight excluding hydrogens is 254 g/mol. The van der Waals surface area contributed by atoms with E-state index in [1.54, 1.807) is 11.8 Å². The second-order valence-electron chi connectivity index (χ2n) is 4.49. The Kier molecular flexibility index (Phi) is 4.39. The van der Waals surface area contributed by atoms with Crippen LogP contribution in [0.3, 0.4) is 0 Å². The Morgan fingerprint density at radius 3 is 2.94 bits per heavy atom. The number of hydrogen-bond donors (Lipinski definition) is 1. The van der Waals surface area contributed by atoms with Crippen molar-refractivity contribution in [3.63, 3.8) is 0 Å². The molecule has 1 aromatic rings. The van der Waals surface area contributed by atoms with Crippen LogP contribution >= 0.6 is 23.1 Å². The molecule has 0 spiro atoms. The fourth-order valence-corrected chi connectivity index (χ4v) is 4.03. The first-order valence-electron chi connectivity index (χ1n) is 5.94. The number of aromatic nitrogens is 2. The molecular formula is C11H17N3OS2. The predicted octanol–water partition coefficient (Wildman–Crippen LogP) is 2.96. The molecule has 1 heterocycles. The number of carbonyl (C=O) groups excluding carboxylic acids is 1. The maximum atomic E-state index is 11.7. The summed E-state index contributed by atoms with van der Waals surface area (Å²) in [5.74, 6) is 0.370. The lowest BCUT2D eigenvalue weighted by Crippen LogP contribution is -2.21. The normalized spacial score (nSPS) is 20.9. The van der Waals surface area contributed by atoms with Gasteiger partial charge in [-0.1, -0.05) is 29.5 Å². The number of nitrogens with one attached hydrogen (secondary N) is 1. The summed E-state index contributed by atoms with van der Waals surface area (Å²) in [7, 11) is 0. The molecule has 1 atom stereocenters. The van der Waals surface area contributed by atoms with Gasteiger partial charge in [-0.05, 0) is 26.7 Å². The van der Waals surface area contributed by atoms with Crippen LogP contribution in [-0.2, 0) is 4.79 Å². The Morgan fingerprint density at radius 2 is 2.24 bits per heavy atom. The summed E-state index contributed by atoms with van der Waals surface area (Å²) in [5.41, 5.74) is 0. The second-order valence-corrected chi connectivity index (χ2v) is 6.92. The van der Waals surface area contributed by atoms with E-state index >= 15 is 0 Å². The van der Waals surface area contributed by atoms with Gasteiger partial charge in [-0.15, -0.1) is 10.2 Å². The number of hydrogen-bond acceptors (Lipinski definition) is 6. The highest BCUT2D eigenvalue weighted by Crippen LogP contribution is 2.34. The van der Waals surface area contributed by atoms with E-state index in [2.05, 4.69) is 29.4 Å². The average Bonchev–Trinajstić information content (AvgIpc) is 2.68. The number of rotatable bonds is 4. The van der Waals surface area contributed by atoms with E-state index < -0.39 is 0 Å². The molecule has 6 heteroatoms. The smallest absolute Gasteiger partial charge is 0.206 e. The van der Waals surface area contributed by atoms with Crippen LogP contribution in [-0.4, -0.2) is 27.3 Å². The third-order valence-electron chi connectivity index (χ3n) is 2.56. The van der Waals surface area contributed by atoms with E-state index in [9.17, 15) is 4.79 Å². The number of carbonyl (C=O) groups is 1. The molecule has 0 aromatic carbocycles. The standard InChI is InChI=1S/C11H17N3OS2/c1-7(2)12-10-13-14-11(17-10)16-9-6-4-3-5-8(9)15/h7,9H,3-6H2,1-2H3,(H,12,13). The maximum absolute atomic E-state index is 11.7. The zero-order chi connectivity index (χ0) is 12.3. The lowest BCUT2D eigenvalue weighted by molar-refractivity contribution is -0.119. The van der Waals surface area contributed by atoms with Gasteiger partial charge in [0.25, 0.3) is 0 Å². The average molecular weight is 271 g/mol. The van der Waals surface area contributed by atoms with Gasteiger partial charge in [-0.3, -0.25) is 4.79 Å². The van der Waals surface area contributed by atoms with Crippen molar-refractivity contribution >= 4 is 34.0 Å². The zero-order valence-corrected chi connectivity index (χ0v) is 11.7. The van der Waals surface area contributed by atoms with E-state index in [0.717, 1.165) is 35.2 Å². The molecule has 0 aliphatic heterocycles. The summed E-state index contributed by atoms with van der Waals surface area (Å²) in [4.78, 5) is 11.7. The van der Waals surface area contributed by atoms with E-state index in [1.165, 1.54) is 11.3 Å². The fourth-order valence-electron chi connectivity index (χ4n) is 1.76. The molecule has 94 valence electrons. The summed E-state index contributed by atoms with van der Waals surface area (Å²) in [5, 5.41) is 12.3. The van der Waals surface area contributed by atoms with Crippen molar-refractivity contribution in [2.45, 2.75) is 55.2 Å². The van der Waals surface area contributed by atoms with Crippen LogP contribution in [0.4, 0.5) is 5.13 Å². The Hall–Kier alpha value is -0.620. The van der Waals surface area contributed by atoms with Gasteiger partial charge in [0.1, 0.15) is 5.78 Å².